The highest BCUT2D eigenvalue weighted by molar-refractivity contribution is 5.95. The van der Waals surface area contributed by atoms with Gasteiger partial charge in [-0.3, -0.25) is 9.59 Å². The van der Waals surface area contributed by atoms with Crippen molar-refractivity contribution in [2.75, 3.05) is 39.5 Å². The Morgan fingerprint density at radius 2 is 1.86 bits per heavy atom. The van der Waals surface area contributed by atoms with Gasteiger partial charge in [0.05, 0.1) is 32.2 Å². The zero-order valence-corrected chi connectivity index (χ0v) is 20.0. The van der Waals surface area contributed by atoms with Gasteiger partial charge in [-0.15, -0.1) is 0 Å². The molecule has 0 unspecified atom stereocenters. The highest BCUT2D eigenvalue weighted by atomic mass is 16.5. The van der Waals surface area contributed by atoms with Crippen molar-refractivity contribution in [1.82, 2.24) is 19.8 Å². The second-order valence-electron chi connectivity index (χ2n) is 8.13. The van der Waals surface area contributed by atoms with Crippen molar-refractivity contribution >= 4 is 11.8 Å². The lowest BCUT2D eigenvalue weighted by molar-refractivity contribution is -0.137. The third kappa shape index (κ3) is 6.19. The molecule has 1 atom stereocenters. The van der Waals surface area contributed by atoms with Crippen LogP contribution in [0, 0.1) is 0 Å². The van der Waals surface area contributed by atoms with Crippen molar-refractivity contribution in [3.05, 3.63) is 72.3 Å². The van der Waals surface area contributed by atoms with Gasteiger partial charge in [-0.25, -0.2) is 4.98 Å². The van der Waals surface area contributed by atoms with E-state index in [1.807, 2.05) is 48.9 Å². The topological polar surface area (TPSA) is 94.9 Å². The Hall–Kier alpha value is -3.85. The van der Waals surface area contributed by atoms with Crippen molar-refractivity contribution in [2.24, 2.45) is 0 Å². The molecule has 9 nitrogen and oxygen atoms in total. The Kier molecular flexibility index (Phi) is 7.99. The Morgan fingerprint density at radius 1 is 1.09 bits per heavy atom. The van der Waals surface area contributed by atoms with Crippen molar-refractivity contribution < 1.29 is 23.8 Å². The summed E-state index contributed by atoms with van der Waals surface area (Å²) in [6, 6.07) is 12.7. The molecule has 184 valence electrons. The Bertz CT molecular complexity index is 1130. The zero-order valence-electron chi connectivity index (χ0n) is 20.0. The van der Waals surface area contributed by atoms with Gasteiger partial charge in [-0.2, -0.15) is 0 Å². The number of benzene rings is 2. The molecule has 2 aromatic carbocycles. The van der Waals surface area contributed by atoms with Gasteiger partial charge in [-0.05, 0) is 49.7 Å². The summed E-state index contributed by atoms with van der Waals surface area (Å²) in [5.74, 6) is 0.513. The summed E-state index contributed by atoms with van der Waals surface area (Å²) in [6.45, 7) is 6.28. The average Bonchev–Trinajstić information content (AvgIpc) is 3.43. The van der Waals surface area contributed by atoms with E-state index in [9.17, 15) is 9.59 Å². The van der Waals surface area contributed by atoms with Crippen LogP contribution in [0.5, 0.6) is 11.5 Å². The second kappa shape index (κ2) is 11.5. The van der Waals surface area contributed by atoms with Crippen LogP contribution in [0.1, 0.15) is 35.8 Å². The number of amides is 2. The summed E-state index contributed by atoms with van der Waals surface area (Å²) >= 11 is 0. The quantitative estimate of drug-likeness (QED) is 0.508. The molecule has 35 heavy (non-hydrogen) atoms. The molecule has 0 aliphatic carbocycles. The normalized spacial score (nSPS) is 14.3. The van der Waals surface area contributed by atoms with Gasteiger partial charge in [0.2, 0.25) is 0 Å². The second-order valence-corrected chi connectivity index (χ2v) is 8.13. The molecule has 1 aliphatic rings. The van der Waals surface area contributed by atoms with E-state index in [1.54, 1.807) is 35.6 Å². The summed E-state index contributed by atoms with van der Waals surface area (Å²) in [5.41, 5.74) is 2.42. The van der Waals surface area contributed by atoms with Crippen molar-refractivity contribution in [2.45, 2.75) is 19.9 Å². The van der Waals surface area contributed by atoms with Gasteiger partial charge < -0.3 is 29.0 Å². The standard InChI is InChI=1S/C26H30N4O5/c1-3-34-24-16-21(6-9-23(24)35-17-25(31)29-12-14-33-15-13-29)26(32)28-19(2)20-4-7-22(8-5-20)30-11-10-27-18-30/h4-11,16,18-19H,3,12-15,17H2,1-2H3,(H,28,32)/t19-/m1/s1. The molecule has 2 heterocycles. The maximum absolute atomic E-state index is 12.9. The fraction of sp³-hybridized carbons (Fsp3) is 0.346. The smallest absolute Gasteiger partial charge is 0.260 e. The van der Waals surface area contributed by atoms with Gasteiger partial charge in [0.15, 0.2) is 18.1 Å². The van der Waals surface area contributed by atoms with Crippen LogP contribution in [0.2, 0.25) is 0 Å². The third-order valence-electron chi connectivity index (χ3n) is 5.76. The number of carbonyl (C=O) groups excluding carboxylic acids is 2. The van der Waals surface area contributed by atoms with Gasteiger partial charge in [0.1, 0.15) is 0 Å². The first-order valence-electron chi connectivity index (χ1n) is 11.7. The summed E-state index contributed by atoms with van der Waals surface area (Å²) < 4.78 is 18.6. The number of hydrogen-bond acceptors (Lipinski definition) is 6. The number of carbonyl (C=O) groups is 2. The van der Waals surface area contributed by atoms with Crippen LogP contribution in [-0.2, 0) is 9.53 Å². The van der Waals surface area contributed by atoms with Gasteiger partial charge in [0, 0.05) is 36.7 Å². The fourth-order valence-corrected chi connectivity index (χ4v) is 3.79. The van der Waals surface area contributed by atoms with E-state index in [1.165, 1.54) is 0 Å². The molecule has 1 aliphatic heterocycles. The van der Waals surface area contributed by atoms with Crippen LogP contribution in [-0.4, -0.2) is 65.8 Å². The lowest BCUT2D eigenvalue weighted by Crippen LogP contribution is -2.43. The van der Waals surface area contributed by atoms with Gasteiger partial charge in [-0.1, -0.05) is 12.1 Å². The number of rotatable bonds is 9. The highest BCUT2D eigenvalue weighted by Gasteiger charge is 2.19. The lowest BCUT2D eigenvalue weighted by atomic mass is 10.1. The van der Waals surface area contributed by atoms with E-state index in [4.69, 9.17) is 14.2 Å². The van der Waals surface area contributed by atoms with Gasteiger partial charge in [0.25, 0.3) is 11.8 Å². The minimum absolute atomic E-state index is 0.0995. The summed E-state index contributed by atoms with van der Waals surface area (Å²) in [6.07, 6.45) is 5.34. The molecular formula is C26H30N4O5. The molecule has 3 aromatic rings. The monoisotopic (exact) mass is 478 g/mol. The van der Waals surface area contributed by atoms with Crippen molar-refractivity contribution in [3.63, 3.8) is 0 Å². The number of nitrogens with zero attached hydrogens (tertiary/aromatic N) is 3. The summed E-state index contributed by atoms with van der Waals surface area (Å²) in [4.78, 5) is 31.1. The number of imidazole rings is 1. The predicted molar refractivity (Wildman–Crippen MR) is 130 cm³/mol. The Morgan fingerprint density at radius 3 is 2.54 bits per heavy atom. The number of nitrogens with one attached hydrogen (secondary N) is 1. The molecule has 0 radical (unpaired) electrons. The summed E-state index contributed by atoms with van der Waals surface area (Å²) in [5, 5.41) is 3.02. The van der Waals surface area contributed by atoms with E-state index in [2.05, 4.69) is 10.3 Å². The first-order valence-corrected chi connectivity index (χ1v) is 11.7. The third-order valence-corrected chi connectivity index (χ3v) is 5.76. The molecule has 0 bridgehead atoms. The molecule has 1 fully saturated rings. The minimum atomic E-state index is -0.229. The van der Waals surface area contributed by atoms with Crippen LogP contribution in [0.4, 0.5) is 0 Å². The molecule has 9 heteroatoms. The molecule has 4 rings (SSSR count). The molecule has 1 aromatic heterocycles. The van der Waals surface area contributed by atoms with Crippen LogP contribution in [0.25, 0.3) is 5.69 Å². The first kappa shape index (κ1) is 24.3. The van der Waals surface area contributed by atoms with Crippen LogP contribution < -0.4 is 14.8 Å². The number of ether oxygens (including phenoxy) is 3. The molecule has 1 N–H and O–H groups in total. The van der Waals surface area contributed by atoms with Crippen LogP contribution in [0.15, 0.2) is 61.2 Å². The fourth-order valence-electron chi connectivity index (χ4n) is 3.79. The van der Waals surface area contributed by atoms with Crippen molar-refractivity contribution in [1.29, 1.82) is 0 Å². The van der Waals surface area contributed by atoms with Gasteiger partial charge >= 0.3 is 0 Å². The van der Waals surface area contributed by atoms with E-state index in [0.717, 1.165) is 11.3 Å². The largest absolute Gasteiger partial charge is 0.490 e. The van der Waals surface area contributed by atoms with E-state index >= 15 is 0 Å². The average molecular weight is 479 g/mol. The maximum Gasteiger partial charge on any atom is 0.260 e. The number of aromatic nitrogens is 2. The van der Waals surface area contributed by atoms with E-state index in [-0.39, 0.29) is 24.5 Å². The summed E-state index contributed by atoms with van der Waals surface area (Å²) in [7, 11) is 0. The first-order chi connectivity index (χ1) is 17.0. The molecule has 2 amide bonds. The van der Waals surface area contributed by atoms with E-state index < -0.39 is 0 Å². The van der Waals surface area contributed by atoms with E-state index in [0.29, 0.717) is 50.0 Å². The lowest BCUT2D eigenvalue weighted by Gasteiger charge is -2.26. The molecule has 0 spiro atoms. The predicted octanol–water partition coefficient (Wildman–Crippen LogP) is 3.00. The maximum atomic E-state index is 12.9. The SMILES string of the molecule is CCOc1cc(C(=O)N[C@H](C)c2ccc(-n3ccnc3)cc2)ccc1OCC(=O)N1CCOCC1. The molecule has 0 saturated carbocycles. The van der Waals surface area contributed by atoms with Crippen molar-refractivity contribution in [3.8, 4) is 17.2 Å². The molecular weight excluding hydrogens is 448 g/mol. The highest BCUT2D eigenvalue weighted by Crippen LogP contribution is 2.29. The number of hydrogen-bond donors (Lipinski definition) is 1. The minimum Gasteiger partial charge on any atom is -0.490 e. The Balaban J connectivity index is 1.38. The number of morpholine rings is 1. The molecule has 1 saturated heterocycles. The van der Waals surface area contributed by atoms with Crippen LogP contribution >= 0.6 is 0 Å². The van der Waals surface area contributed by atoms with Crippen LogP contribution in [0.3, 0.4) is 0 Å². The Labute approximate surface area is 204 Å². The zero-order chi connectivity index (χ0) is 24.6.